The predicted molar refractivity (Wildman–Crippen MR) is 113 cm³/mol. The molecule has 0 radical (unpaired) electrons. The number of anilines is 1. The molecular weight excluding hydrogens is 386 g/mol. The highest BCUT2D eigenvalue weighted by molar-refractivity contribution is 6.00. The Kier molecular flexibility index (Phi) is 7.00. The molecule has 0 aromatic heterocycles. The van der Waals surface area contributed by atoms with Crippen LogP contribution in [0.15, 0.2) is 42.5 Å². The first kappa shape index (κ1) is 21.3. The molecule has 0 aliphatic carbocycles. The number of nitrogens with two attached hydrogens (primary N) is 1. The Hall–Kier alpha value is -3.42. The minimum Gasteiger partial charge on any atom is -0.493 e. The molecule has 0 atom stereocenters. The van der Waals surface area contributed by atoms with Gasteiger partial charge in [0.2, 0.25) is 0 Å². The lowest BCUT2D eigenvalue weighted by molar-refractivity contribution is 0.0571. The Morgan fingerprint density at radius 3 is 2.30 bits per heavy atom. The van der Waals surface area contributed by atoms with Crippen LogP contribution in [0.4, 0.5) is 10.5 Å². The van der Waals surface area contributed by atoms with Crippen molar-refractivity contribution in [2.24, 2.45) is 0 Å². The van der Waals surface area contributed by atoms with E-state index >= 15 is 0 Å². The van der Waals surface area contributed by atoms with Gasteiger partial charge in [-0.1, -0.05) is 30.3 Å². The van der Waals surface area contributed by atoms with Gasteiger partial charge in [-0.05, 0) is 18.6 Å². The number of nitrogens with zero attached hydrogens (tertiary/aromatic N) is 2. The lowest BCUT2D eigenvalue weighted by Gasteiger charge is -2.34. The molecule has 0 unspecified atom stereocenters. The summed E-state index contributed by atoms with van der Waals surface area (Å²) in [6, 6.07) is 12.9. The minimum atomic E-state index is -0.356. The van der Waals surface area contributed by atoms with Gasteiger partial charge in [-0.3, -0.25) is 4.79 Å². The van der Waals surface area contributed by atoms with Crippen molar-refractivity contribution in [3.8, 4) is 11.5 Å². The Labute approximate surface area is 176 Å². The molecule has 0 saturated carbocycles. The van der Waals surface area contributed by atoms with E-state index in [2.05, 4.69) is 0 Å². The van der Waals surface area contributed by atoms with Crippen LogP contribution in [0.2, 0.25) is 0 Å². The molecule has 1 aliphatic rings. The predicted octanol–water partition coefficient (Wildman–Crippen LogP) is 2.77. The SMILES string of the molecule is CCOC(=O)N1CCN(C(=O)c2cc(OCc3ccccc3)c(OC)cc2N)CC1. The van der Waals surface area contributed by atoms with Gasteiger partial charge >= 0.3 is 6.09 Å². The van der Waals surface area contributed by atoms with Gasteiger partial charge in [0, 0.05) is 37.9 Å². The molecule has 1 heterocycles. The van der Waals surface area contributed by atoms with Gasteiger partial charge in [-0.2, -0.15) is 0 Å². The summed E-state index contributed by atoms with van der Waals surface area (Å²) >= 11 is 0. The molecule has 30 heavy (non-hydrogen) atoms. The molecule has 2 aromatic carbocycles. The summed E-state index contributed by atoms with van der Waals surface area (Å²) < 4.78 is 16.3. The van der Waals surface area contributed by atoms with Crippen LogP contribution in [0.5, 0.6) is 11.5 Å². The molecule has 1 aliphatic heterocycles. The maximum Gasteiger partial charge on any atom is 0.409 e. The molecular formula is C22H27N3O5. The van der Waals surface area contributed by atoms with Crippen LogP contribution in [0.25, 0.3) is 0 Å². The van der Waals surface area contributed by atoms with Gasteiger partial charge in [0.05, 0.1) is 19.3 Å². The number of rotatable bonds is 6. The van der Waals surface area contributed by atoms with E-state index in [4.69, 9.17) is 19.9 Å². The van der Waals surface area contributed by atoms with E-state index in [1.165, 1.54) is 7.11 Å². The minimum absolute atomic E-state index is 0.205. The maximum absolute atomic E-state index is 13.1. The molecule has 2 amide bonds. The third kappa shape index (κ3) is 4.94. The standard InChI is InChI=1S/C22H27N3O5/c1-3-29-22(27)25-11-9-24(10-12-25)21(26)17-13-20(19(28-2)14-18(17)23)30-15-16-7-5-4-6-8-16/h4-8,13-14H,3,9-12,15,23H2,1-2H3. The third-order valence-electron chi connectivity index (χ3n) is 4.90. The highest BCUT2D eigenvalue weighted by atomic mass is 16.6. The van der Waals surface area contributed by atoms with Crippen molar-refractivity contribution in [2.45, 2.75) is 13.5 Å². The summed E-state index contributed by atoms with van der Waals surface area (Å²) in [5, 5.41) is 0. The topological polar surface area (TPSA) is 94.3 Å². The number of hydrogen-bond donors (Lipinski definition) is 1. The first-order valence-corrected chi connectivity index (χ1v) is 9.88. The van der Waals surface area contributed by atoms with Crippen LogP contribution in [0, 0.1) is 0 Å². The first-order valence-electron chi connectivity index (χ1n) is 9.88. The van der Waals surface area contributed by atoms with E-state index in [0.29, 0.717) is 62.1 Å². The number of ether oxygens (including phenoxy) is 3. The van der Waals surface area contributed by atoms with Crippen molar-refractivity contribution in [1.29, 1.82) is 0 Å². The van der Waals surface area contributed by atoms with Crippen LogP contribution in [0.1, 0.15) is 22.8 Å². The normalized spacial score (nSPS) is 13.7. The lowest BCUT2D eigenvalue weighted by atomic mass is 10.1. The molecule has 3 rings (SSSR count). The fraction of sp³-hybridized carbons (Fsp3) is 0.364. The molecule has 0 bridgehead atoms. The summed E-state index contributed by atoms with van der Waals surface area (Å²) in [5.41, 5.74) is 7.79. The number of amides is 2. The smallest absolute Gasteiger partial charge is 0.409 e. The summed E-state index contributed by atoms with van der Waals surface area (Å²) in [6.07, 6.45) is -0.356. The summed E-state index contributed by atoms with van der Waals surface area (Å²) in [7, 11) is 1.53. The molecule has 1 saturated heterocycles. The summed E-state index contributed by atoms with van der Waals surface area (Å²) in [5.74, 6) is 0.708. The van der Waals surface area contributed by atoms with E-state index < -0.39 is 0 Å². The van der Waals surface area contributed by atoms with E-state index in [1.807, 2.05) is 30.3 Å². The number of carbonyl (C=O) groups excluding carboxylic acids is 2. The van der Waals surface area contributed by atoms with E-state index in [0.717, 1.165) is 5.56 Å². The fourth-order valence-electron chi connectivity index (χ4n) is 3.25. The number of carbonyl (C=O) groups is 2. The Balaban J connectivity index is 1.72. The average Bonchev–Trinajstić information content (AvgIpc) is 2.78. The number of nitrogen functional groups attached to an aromatic ring is 1. The number of piperazine rings is 1. The maximum atomic E-state index is 13.1. The van der Waals surface area contributed by atoms with Gasteiger partial charge in [-0.25, -0.2) is 4.79 Å². The summed E-state index contributed by atoms with van der Waals surface area (Å²) in [4.78, 5) is 28.2. The van der Waals surface area contributed by atoms with Crippen molar-refractivity contribution in [1.82, 2.24) is 9.80 Å². The average molecular weight is 413 g/mol. The van der Waals surface area contributed by atoms with Crippen LogP contribution in [-0.2, 0) is 11.3 Å². The molecule has 160 valence electrons. The zero-order chi connectivity index (χ0) is 21.5. The van der Waals surface area contributed by atoms with Crippen molar-refractivity contribution in [3.05, 3.63) is 53.6 Å². The van der Waals surface area contributed by atoms with Crippen LogP contribution < -0.4 is 15.2 Å². The molecule has 8 nitrogen and oxygen atoms in total. The third-order valence-corrected chi connectivity index (χ3v) is 4.90. The van der Waals surface area contributed by atoms with E-state index in [9.17, 15) is 9.59 Å². The zero-order valence-electron chi connectivity index (χ0n) is 17.3. The fourth-order valence-corrected chi connectivity index (χ4v) is 3.25. The van der Waals surface area contributed by atoms with Crippen molar-refractivity contribution >= 4 is 17.7 Å². The largest absolute Gasteiger partial charge is 0.493 e. The molecule has 1 fully saturated rings. The van der Waals surface area contributed by atoms with Gasteiger partial charge < -0.3 is 29.7 Å². The van der Waals surface area contributed by atoms with Gasteiger partial charge in [-0.15, -0.1) is 0 Å². The van der Waals surface area contributed by atoms with Gasteiger partial charge in [0.25, 0.3) is 5.91 Å². The van der Waals surface area contributed by atoms with Crippen molar-refractivity contribution in [3.63, 3.8) is 0 Å². The highest BCUT2D eigenvalue weighted by Gasteiger charge is 2.27. The van der Waals surface area contributed by atoms with Crippen LogP contribution in [0.3, 0.4) is 0 Å². The highest BCUT2D eigenvalue weighted by Crippen LogP contribution is 2.33. The second-order valence-corrected chi connectivity index (χ2v) is 6.84. The second-order valence-electron chi connectivity index (χ2n) is 6.84. The lowest BCUT2D eigenvalue weighted by Crippen LogP contribution is -2.50. The Morgan fingerprint density at radius 1 is 1.00 bits per heavy atom. The Bertz CT molecular complexity index is 880. The quantitative estimate of drug-likeness (QED) is 0.732. The van der Waals surface area contributed by atoms with Gasteiger partial charge in [0.15, 0.2) is 11.5 Å². The molecule has 8 heteroatoms. The van der Waals surface area contributed by atoms with Crippen LogP contribution in [-0.4, -0.2) is 61.7 Å². The first-order chi connectivity index (χ1) is 14.5. The number of methoxy groups -OCH3 is 1. The molecule has 2 N–H and O–H groups in total. The molecule has 2 aromatic rings. The summed E-state index contributed by atoms with van der Waals surface area (Å²) in [6.45, 7) is 4.07. The molecule has 0 spiro atoms. The number of hydrogen-bond acceptors (Lipinski definition) is 6. The Morgan fingerprint density at radius 2 is 1.67 bits per heavy atom. The van der Waals surface area contributed by atoms with E-state index in [1.54, 1.807) is 28.9 Å². The van der Waals surface area contributed by atoms with Crippen molar-refractivity contribution in [2.75, 3.05) is 45.6 Å². The number of benzene rings is 2. The zero-order valence-corrected chi connectivity index (χ0v) is 17.3. The second kappa shape index (κ2) is 9.87. The monoisotopic (exact) mass is 413 g/mol. The van der Waals surface area contributed by atoms with Crippen molar-refractivity contribution < 1.29 is 23.8 Å². The van der Waals surface area contributed by atoms with Crippen LogP contribution >= 0.6 is 0 Å². The van der Waals surface area contributed by atoms with Gasteiger partial charge in [0.1, 0.15) is 6.61 Å². The van der Waals surface area contributed by atoms with E-state index in [-0.39, 0.29) is 12.0 Å².